The van der Waals surface area contributed by atoms with Gasteiger partial charge < -0.3 is 15.1 Å². The fraction of sp³-hybridized carbons (Fsp3) is 1.00. The van der Waals surface area contributed by atoms with Crippen molar-refractivity contribution in [2.45, 2.75) is 7.43 Å². The van der Waals surface area contributed by atoms with Crippen LogP contribution in [0.4, 0.5) is 0 Å². The number of hydrogen-bond acceptors (Lipinski definition) is 3. The summed E-state index contributed by atoms with van der Waals surface area (Å²) in [4.78, 5) is 0. The molecule has 6 heavy (non-hydrogen) atoms. The molecule has 5 heteroatoms. The molecule has 0 saturated carbocycles. The molecular formula is CH8BLiO3. The fourth-order valence-electron chi connectivity index (χ4n) is 0. The molecule has 0 bridgehead atoms. The van der Waals surface area contributed by atoms with Crippen LogP contribution in [0.2, 0.25) is 0 Å². The Hall–Kier alpha value is 0.542. The van der Waals surface area contributed by atoms with Gasteiger partial charge in [0.2, 0.25) is 0 Å². The monoisotopic (exact) mass is 86.1 g/mol. The Morgan fingerprint density at radius 1 is 1.00 bits per heavy atom. The van der Waals surface area contributed by atoms with E-state index in [4.69, 9.17) is 15.1 Å². The van der Waals surface area contributed by atoms with E-state index in [1.807, 2.05) is 0 Å². The van der Waals surface area contributed by atoms with Crippen LogP contribution in [-0.2, 0) is 0 Å². The minimum absolute atomic E-state index is 0. The summed E-state index contributed by atoms with van der Waals surface area (Å²) in [5.41, 5.74) is 0. The summed E-state index contributed by atoms with van der Waals surface area (Å²) < 4.78 is 0. The molecule has 0 saturated heterocycles. The Bertz CT molecular complexity index is 15.5. The molecule has 0 aliphatic heterocycles. The van der Waals surface area contributed by atoms with Gasteiger partial charge in [0.1, 0.15) is 0 Å². The summed E-state index contributed by atoms with van der Waals surface area (Å²) in [6.07, 6.45) is 0. The summed E-state index contributed by atoms with van der Waals surface area (Å²) in [5.74, 6) is 0. The van der Waals surface area contributed by atoms with Crippen molar-refractivity contribution < 1.29 is 15.1 Å². The second-order valence-electron chi connectivity index (χ2n) is 0.346. The molecule has 0 heterocycles. The normalized spacial score (nSPS) is 4.50. The third-order valence-corrected chi connectivity index (χ3v) is 0. The Morgan fingerprint density at radius 3 is 1.00 bits per heavy atom. The van der Waals surface area contributed by atoms with Gasteiger partial charge in [0.05, 0.1) is 0 Å². The molecule has 0 radical (unpaired) electrons. The van der Waals surface area contributed by atoms with Crippen LogP contribution >= 0.6 is 0 Å². The minimum atomic E-state index is -2.17. The molecular weight excluding hydrogens is 77.8 g/mol. The van der Waals surface area contributed by atoms with Crippen molar-refractivity contribution in [1.82, 2.24) is 0 Å². The van der Waals surface area contributed by atoms with Gasteiger partial charge in [-0.1, -0.05) is 7.43 Å². The molecule has 0 aromatic carbocycles. The van der Waals surface area contributed by atoms with Gasteiger partial charge in [-0.05, 0) is 0 Å². The van der Waals surface area contributed by atoms with Crippen LogP contribution in [0.25, 0.3) is 0 Å². The Balaban J connectivity index is -0.0000000450. The zero-order chi connectivity index (χ0) is 3.58. The van der Waals surface area contributed by atoms with Crippen molar-refractivity contribution in [1.29, 1.82) is 0 Å². The molecule has 3 nitrogen and oxygen atoms in total. The summed E-state index contributed by atoms with van der Waals surface area (Å²) >= 11 is 0. The first kappa shape index (κ1) is 16.0. The van der Waals surface area contributed by atoms with Gasteiger partial charge in [-0.2, -0.15) is 0 Å². The number of hydrogen-bond donors (Lipinski definition) is 3. The second kappa shape index (κ2) is 9.11. The van der Waals surface area contributed by atoms with E-state index in [0.29, 0.717) is 0 Å². The first-order valence-electron chi connectivity index (χ1n) is 0.775. The van der Waals surface area contributed by atoms with Crippen LogP contribution in [0.3, 0.4) is 0 Å². The molecule has 0 unspecified atom stereocenters. The van der Waals surface area contributed by atoms with E-state index in [9.17, 15) is 0 Å². The van der Waals surface area contributed by atoms with E-state index in [-0.39, 0.29) is 26.3 Å². The molecule has 0 fully saturated rings. The first-order valence-corrected chi connectivity index (χ1v) is 0.775. The Labute approximate surface area is 49.4 Å². The van der Waals surface area contributed by atoms with Gasteiger partial charge in [0.25, 0.3) is 0 Å². The van der Waals surface area contributed by atoms with Gasteiger partial charge in [-0.15, -0.1) is 0 Å². The van der Waals surface area contributed by atoms with Crippen molar-refractivity contribution in [3.63, 3.8) is 0 Å². The van der Waals surface area contributed by atoms with Crippen molar-refractivity contribution in [3.8, 4) is 0 Å². The van der Waals surface area contributed by atoms with Crippen LogP contribution in [0.5, 0.6) is 0 Å². The van der Waals surface area contributed by atoms with Crippen LogP contribution in [-0.4, -0.2) is 41.3 Å². The van der Waals surface area contributed by atoms with Crippen LogP contribution in [0.15, 0.2) is 0 Å². The molecule has 0 spiro atoms. The fourth-order valence-corrected chi connectivity index (χ4v) is 0. The zero-order valence-corrected chi connectivity index (χ0v) is 1.92. The van der Waals surface area contributed by atoms with E-state index in [1.54, 1.807) is 0 Å². The molecule has 0 amide bonds. The van der Waals surface area contributed by atoms with Crippen LogP contribution < -0.4 is 0 Å². The van der Waals surface area contributed by atoms with E-state index in [0.717, 1.165) is 0 Å². The van der Waals surface area contributed by atoms with Gasteiger partial charge in [0, 0.05) is 0 Å². The van der Waals surface area contributed by atoms with Crippen molar-refractivity contribution in [2.75, 3.05) is 0 Å². The van der Waals surface area contributed by atoms with Crippen molar-refractivity contribution in [3.05, 3.63) is 0 Å². The summed E-state index contributed by atoms with van der Waals surface area (Å²) in [6.45, 7) is 0. The molecule has 0 rings (SSSR count). The van der Waals surface area contributed by atoms with Crippen molar-refractivity contribution >= 4 is 26.2 Å². The van der Waals surface area contributed by atoms with E-state index < -0.39 is 7.32 Å². The van der Waals surface area contributed by atoms with Crippen LogP contribution in [0.1, 0.15) is 7.43 Å². The Morgan fingerprint density at radius 2 is 1.00 bits per heavy atom. The van der Waals surface area contributed by atoms with Gasteiger partial charge in [-0.3, -0.25) is 0 Å². The SMILES string of the molecule is C.OB(O)O.[LiH]. The molecule has 0 aliphatic carbocycles. The number of rotatable bonds is 0. The molecule has 34 valence electrons. The van der Waals surface area contributed by atoms with E-state index in [1.165, 1.54) is 0 Å². The van der Waals surface area contributed by atoms with Gasteiger partial charge in [0.15, 0.2) is 0 Å². The predicted molar refractivity (Wildman–Crippen MR) is 26.3 cm³/mol. The molecule has 0 atom stereocenters. The first-order chi connectivity index (χ1) is 1.73. The molecule has 0 aromatic heterocycles. The Kier molecular flexibility index (Phi) is 24.3. The average molecular weight is 85.8 g/mol. The summed E-state index contributed by atoms with van der Waals surface area (Å²) in [7, 11) is -2.17. The molecule has 3 N–H and O–H groups in total. The maximum absolute atomic E-state index is 7.17. The summed E-state index contributed by atoms with van der Waals surface area (Å²) in [6, 6.07) is 0. The third kappa shape index (κ3) is 194. The topological polar surface area (TPSA) is 60.7 Å². The standard InChI is InChI=1S/CH4.BH3O3.Li.H/c;2-1(3)4;;/h1H4;2-4H;;. The van der Waals surface area contributed by atoms with Gasteiger partial charge >= 0.3 is 26.2 Å². The second-order valence-corrected chi connectivity index (χ2v) is 0.346. The van der Waals surface area contributed by atoms with E-state index in [2.05, 4.69) is 0 Å². The van der Waals surface area contributed by atoms with Gasteiger partial charge in [-0.25, -0.2) is 0 Å². The predicted octanol–water partition coefficient (Wildman–Crippen LogP) is -2.06. The third-order valence-electron chi connectivity index (χ3n) is 0. The zero-order valence-electron chi connectivity index (χ0n) is 1.92. The van der Waals surface area contributed by atoms with Crippen molar-refractivity contribution in [2.24, 2.45) is 0 Å². The molecule has 0 aromatic rings. The van der Waals surface area contributed by atoms with Crippen LogP contribution in [0, 0.1) is 0 Å². The van der Waals surface area contributed by atoms with E-state index >= 15 is 0 Å². The average Bonchev–Trinajstić information content (AvgIpc) is 0.811. The quantitative estimate of drug-likeness (QED) is 0.297. The summed E-state index contributed by atoms with van der Waals surface area (Å²) in [5, 5.41) is 21.5. The maximum atomic E-state index is 7.17. The molecule has 0 aliphatic rings.